The van der Waals surface area contributed by atoms with Crippen LogP contribution in [0.25, 0.3) is 5.69 Å². The topological polar surface area (TPSA) is 111 Å². The summed E-state index contributed by atoms with van der Waals surface area (Å²) in [6.45, 7) is 4.45. The number of hydrogen-bond donors (Lipinski definition) is 2. The lowest BCUT2D eigenvalue weighted by Gasteiger charge is -2.28. The number of urea groups is 1. The fraction of sp³-hybridized carbons (Fsp3) is 0.571. The maximum absolute atomic E-state index is 12.3. The summed E-state index contributed by atoms with van der Waals surface area (Å²) in [6, 6.07) is 7.04. The van der Waals surface area contributed by atoms with Crippen molar-refractivity contribution in [1.29, 1.82) is 0 Å². The molecular weight excluding hydrogens is 416 g/mol. The van der Waals surface area contributed by atoms with Crippen LogP contribution in [0.1, 0.15) is 39.5 Å². The summed E-state index contributed by atoms with van der Waals surface area (Å²) >= 11 is 1.16. The maximum Gasteiger partial charge on any atom is 0.321 e. The molecule has 1 aromatic carbocycles. The van der Waals surface area contributed by atoms with Crippen molar-refractivity contribution >= 4 is 23.7 Å². The molecule has 2 aromatic rings. The molecule has 2 N–H and O–H groups in total. The molecule has 2 aliphatic rings. The van der Waals surface area contributed by atoms with Crippen LogP contribution in [0.2, 0.25) is 0 Å². The third-order valence-corrected chi connectivity index (χ3v) is 7.13. The number of ether oxygens (including phenoxy) is 1. The van der Waals surface area contributed by atoms with E-state index in [1.807, 2.05) is 38.1 Å². The second kappa shape index (κ2) is 9.67. The Balaban J connectivity index is 1.29. The quantitative estimate of drug-likeness (QED) is 0.602. The highest BCUT2D eigenvalue weighted by Crippen LogP contribution is 2.49. The highest BCUT2D eigenvalue weighted by molar-refractivity contribution is 7.99. The molecule has 4 unspecified atom stereocenters. The fourth-order valence-electron chi connectivity index (χ4n) is 4.88. The van der Waals surface area contributed by atoms with E-state index in [4.69, 9.17) is 4.74 Å². The number of amides is 3. The van der Waals surface area contributed by atoms with Gasteiger partial charge in [-0.15, -0.1) is 5.10 Å². The van der Waals surface area contributed by atoms with Gasteiger partial charge in [-0.25, -0.2) is 4.79 Å². The van der Waals surface area contributed by atoms with Gasteiger partial charge in [0.1, 0.15) is 11.4 Å². The molecule has 31 heavy (non-hydrogen) atoms. The van der Waals surface area contributed by atoms with Gasteiger partial charge in [-0.1, -0.05) is 30.3 Å². The molecule has 2 saturated carbocycles. The minimum absolute atomic E-state index is 0.0209. The Hall–Kier alpha value is -2.62. The Bertz CT molecular complexity index is 935. The number of benzene rings is 1. The van der Waals surface area contributed by atoms with Crippen LogP contribution in [-0.2, 0) is 4.79 Å². The van der Waals surface area contributed by atoms with Crippen molar-refractivity contribution in [2.75, 3.05) is 12.4 Å². The van der Waals surface area contributed by atoms with Crippen LogP contribution in [0, 0.1) is 17.8 Å². The predicted molar refractivity (Wildman–Crippen MR) is 116 cm³/mol. The van der Waals surface area contributed by atoms with Crippen LogP contribution < -0.4 is 15.4 Å². The first kappa shape index (κ1) is 21.6. The monoisotopic (exact) mass is 444 g/mol. The number of carbonyl (C=O) groups excluding carboxylic acids is 2. The molecular formula is C21H28N6O3S. The highest BCUT2D eigenvalue weighted by atomic mass is 32.2. The summed E-state index contributed by atoms with van der Waals surface area (Å²) in [7, 11) is 0. The maximum atomic E-state index is 12.3. The number of imide groups is 1. The largest absolute Gasteiger partial charge is 0.492 e. The first-order valence-electron chi connectivity index (χ1n) is 10.8. The van der Waals surface area contributed by atoms with Crippen LogP contribution >= 0.6 is 11.8 Å². The highest BCUT2D eigenvalue weighted by Gasteiger charge is 2.42. The van der Waals surface area contributed by atoms with Crippen LogP contribution in [0.3, 0.4) is 0 Å². The Morgan fingerprint density at radius 2 is 2.13 bits per heavy atom. The normalized spacial score (nSPS) is 22.8. The number of tetrazole rings is 1. The van der Waals surface area contributed by atoms with Crippen LogP contribution in [-0.4, -0.2) is 50.5 Å². The number of rotatable bonds is 8. The lowest BCUT2D eigenvalue weighted by Crippen LogP contribution is -2.47. The number of fused-ring (bicyclic) bond motifs is 2. The number of nitrogens with one attached hydrogen (secondary N) is 2. The van der Waals surface area contributed by atoms with Crippen LogP contribution in [0.4, 0.5) is 4.79 Å². The molecule has 1 aromatic heterocycles. The van der Waals surface area contributed by atoms with Crippen LogP contribution in [0.15, 0.2) is 29.4 Å². The van der Waals surface area contributed by atoms with Crippen LogP contribution in [0.5, 0.6) is 5.75 Å². The average molecular weight is 445 g/mol. The van der Waals surface area contributed by atoms with Gasteiger partial charge in [-0.2, -0.15) is 4.68 Å². The van der Waals surface area contributed by atoms with Crippen molar-refractivity contribution in [3.05, 3.63) is 24.3 Å². The minimum atomic E-state index is -0.442. The van der Waals surface area contributed by atoms with Gasteiger partial charge in [-0.3, -0.25) is 10.1 Å². The van der Waals surface area contributed by atoms with Crippen molar-refractivity contribution in [1.82, 2.24) is 30.8 Å². The molecule has 166 valence electrons. The number of hydrogen-bond acceptors (Lipinski definition) is 7. The van der Waals surface area contributed by atoms with E-state index >= 15 is 0 Å². The van der Waals surface area contributed by atoms with Crippen molar-refractivity contribution in [2.45, 2.75) is 50.7 Å². The molecule has 0 spiro atoms. The summed E-state index contributed by atoms with van der Waals surface area (Å²) in [5.74, 6) is 2.33. The van der Waals surface area contributed by atoms with Gasteiger partial charge in [0.2, 0.25) is 11.1 Å². The van der Waals surface area contributed by atoms with Crippen molar-refractivity contribution in [3.63, 3.8) is 0 Å². The zero-order valence-corrected chi connectivity index (χ0v) is 18.6. The van der Waals surface area contributed by atoms with Crippen molar-refractivity contribution in [3.8, 4) is 11.4 Å². The molecule has 2 aliphatic carbocycles. The molecule has 10 heteroatoms. The van der Waals surface area contributed by atoms with E-state index in [1.165, 1.54) is 30.4 Å². The molecule has 0 radical (unpaired) electrons. The summed E-state index contributed by atoms with van der Waals surface area (Å²) in [5.41, 5.74) is 0.690. The number of para-hydroxylation sites is 2. The summed E-state index contributed by atoms with van der Waals surface area (Å²) in [4.78, 5) is 24.6. The van der Waals surface area contributed by atoms with Crippen molar-refractivity contribution in [2.24, 2.45) is 17.8 Å². The molecule has 2 fully saturated rings. The molecule has 2 bridgehead atoms. The van der Waals surface area contributed by atoms with E-state index in [1.54, 1.807) is 0 Å². The first-order chi connectivity index (χ1) is 15.0. The van der Waals surface area contributed by atoms with Gasteiger partial charge in [-0.05, 0) is 73.4 Å². The lowest BCUT2D eigenvalue weighted by atomic mass is 9.84. The van der Waals surface area contributed by atoms with Gasteiger partial charge in [0.15, 0.2) is 0 Å². The van der Waals surface area contributed by atoms with E-state index in [2.05, 4.69) is 26.2 Å². The molecule has 9 nitrogen and oxygen atoms in total. The molecule has 3 amide bonds. The Labute approximate surface area is 185 Å². The third kappa shape index (κ3) is 5.00. The van der Waals surface area contributed by atoms with E-state index in [0.29, 0.717) is 35.0 Å². The van der Waals surface area contributed by atoms with Gasteiger partial charge in [0.25, 0.3) is 0 Å². The summed E-state index contributed by atoms with van der Waals surface area (Å²) in [6.07, 6.45) is 5.06. The first-order valence-corrected chi connectivity index (χ1v) is 11.8. The summed E-state index contributed by atoms with van der Waals surface area (Å²) < 4.78 is 7.16. The molecule has 0 saturated heterocycles. The van der Waals surface area contributed by atoms with E-state index < -0.39 is 11.9 Å². The minimum Gasteiger partial charge on any atom is -0.492 e. The van der Waals surface area contributed by atoms with E-state index in [9.17, 15) is 9.59 Å². The molecule has 1 heterocycles. The number of thioether (sulfide) groups is 1. The molecule has 4 atom stereocenters. The van der Waals surface area contributed by atoms with Gasteiger partial charge in [0, 0.05) is 6.04 Å². The lowest BCUT2D eigenvalue weighted by molar-refractivity contribution is -0.117. The number of nitrogens with zero attached hydrogens (tertiary/aromatic N) is 4. The van der Waals surface area contributed by atoms with Crippen molar-refractivity contribution < 1.29 is 14.3 Å². The summed E-state index contributed by atoms with van der Waals surface area (Å²) in [5, 5.41) is 17.5. The average Bonchev–Trinajstić information content (AvgIpc) is 3.50. The van der Waals surface area contributed by atoms with Gasteiger partial charge >= 0.3 is 6.03 Å². The molecule has 0 aliphatic heterocycles. The smallest absolute Gasteiger partial charge is 0.321 e. The fourth-order valence-corrected chi connectivity index (χ4v) is 5.56. The second-order valence-electron chi connectivity index (χ2n) is 8.21. The third-order valence-electron chi connectivity index (χ3n) is 6.21. The van der Waals surface area contributed by atoms with Gasteiger partial charge in [0.05, 0.1) is 12.4 Å². The standard InChI is InChI=1S/C21H28N6O3S/c1-3-30-18-7-5-4-6-17(18)27-21(24-25-26-27)31-12-19(28)23-20(29)22-13(2)16-11-14-8-9-15(16)10-14/h4-7,13-16H,3,8-12H2,1-2H3,(H2,22,23,28,29). The second-order valence-corrected chi connectivity index (χ2v) is 9.15. The van der Waals surface area contributed by atoms with E-state index in [0.717, 1.165) is 17.7 Å². The zero-order valence-electron chi connectivity index (χ0n) is 17.8. The van der Waals surface area contributed by atoms with E-state index in [-0.39, 0.29) is 11.8 Å². The molecule has 4 rings (SSSR count). The number of aromatic nitrogens is 4. The SMILES string of the molecule is CCOc1ccccc1-n1nnnc1SCC(=O)NC(=O)NC(C)C1CC2CCC1C2. The Morgan fingerprint density at radius 3 is 2.87 bits per heavy atom. The predicted octanol–water partition coefficient (Wildman–Crippen LogP) is 2.80. The number of carbonyl (C=O) groups is 2. The van der Waals surface area contributed by atoms with Gasteiger partial charge < -0.3 is 10.1 Å². The Kier molecular flexibility index (Phi) is 6.74. The Morgan fingerprint density at radius 1 is 1.29 bits per heavy atom. The zero-order chi connectivity index (χ0) is 21.8.